The van der Waals surface area contributed by atoms with E-state index in [1.807, 2.05) is 25.1 Å². The minimum Gasteiger partial charge on any atom is -0.501 e. The minimum atomic E-state index is -0.201. The van der Waals surface area contributed by atoms with Gasteiger partial charge in [-0.05, 0) is 25.1 Å². The molecular formula is C14H12N2O3. The van der Waals surface area contributed by atoms with Gasteiger partial charge in [0.05, 0.1) is 24.7 Å². The molecule has 0 saturated heterocycles. The number of ether oxygens (including phenoxy) is 1. The lowest BCUT2D eigenvalue weighted by atomic mass is 10.1. The first kappa shape index (κ1) is 11.5. The zero-order valence-corrected chi connectivity index (χ0v) is 10.3. The third-order valence-corrected chi connectivity index (χ3v) is 2.83. The van der Waals surface area contributed by atoms with Gasteiger partial charge in [0.25, 0.3) is 5.91 Å². The Morgan fingerprint density at radius 2 is 2.42 bits per heavy atom. The van der Waals surface area contributed by atoms with Crippen LogP contribution in [-0.2, 0) is 9.53 Å². The maximum Gasteiger partial charge on any atom is 0.260 e. The molecule has 0 radical (unpaired) electrons. The molecule has 0 spiro atoms. The molecule has 0 fully saturated rings. The van der Waals surface area contributed by atoms with Crippen LogP contribution in [0.4, 0.5) is 5.82 Å². The molecule has 96 valence electrons. The Kier molecular flexibility index (Phi) is 2.79. The Morgan fingerprint density at radius 1 is 1.53 bits per heavy atom. The number of amides is 1. The Bertz CT molecular complexity index is 645. The lowest BCUT2D eigenvalue weighted by Gasteiger charge is -2.01. The van der Waals surface area contributed by atoms with E-state index in [0.29, 0.717) is 23.8 Å². The summed E-state index contributed by atoms with van der Waals surface area (Å²) in [6.07, 6.45) is 4.74. The number of pyridine rings is 1. The molecule has 1 aliphatic rings. The van der Waals surface area contributed by atoms with Gasteiger partial charge in [0.1, 0.15) is 11.6 Å². The average Bonchev–Trinajstić information content (AvgIpc) is 3.03. The number of anilines is 1. The number of carbonyl (C=O) groups is 1. The Hall–Kier alpha value is -2.56. The molecule has 0 unspecified atom stereocenters. The van der Waals surface area contributed by atoms with Crippen molar-refractivity contribution >= 4 is 17.3 Å². The van der Waals surface area contributed by atoms with Crippen molar-refractivity contribution in [3.63, 3.8) is 0 Å². The van der Waals surface area contributed by atoms with Crippen LogP contribution in [0.25, 0.3) is 16.9 Å². The van der Waals surface area contributed by atoms with Crippen LogP contribution in [0.15, 0.2) is 41.3 Å². The predicted octanol–water partition coefficient (Wildman–Crippen LogP) is 2.67. The van der Waals surface area contributed by atoms with Crippen LogP contribution in [0.3, 0.4) is 0 Å². The van der Waals surface area contributed by atoms with Crippen LogP contribution in [0.2, 0.25) is 0 Å². The highest BCUT2D eigenvalue weighted by Crippen LogP contribution is 2.33. The van der Waals surface area contributed by atoms with Gasteiger partial charge in [-0.25, -0.2) is 4.98 Å². The van der Waals surface area contributed by atoms with Gasteiger partial charge in [-0.1, -0.05) is 0 Å². The third-order valence-electron chi connectivity index (χ3n) is 2.83. The second-order valence-electron chi connectivity index (χ2n) is 4.04. The van der Waals surface area contributed by atoms with E-state index in [2.05, 4.69) is 10.3 Å². The zero-order chi connectivity index (χ0) is 13.2. The molecule has 0 bridgehead atoms. The number of hydrogen-bond acceptors (Lipinski definition) is 4. The fourth-order valence-electron chi connectivity index (χ4n) is 1.93. The van der Waals surface area contributed by atoms with E-state index in [-0.39, 0.29) is 5.91 Å². The van der Waals surface area contributed by atoms with E-state index in [9.17, 15) is 4.79 Å². The Labute approximate surface area is 109 Å². The molecular weight excluding hydrogens is 244 g/mol. The van der Waals surface area contributed by atoms with E-state index in [4.69, 9.17) is 9.15 Å². The number of carbonyl (C=O) groups excluding carboxylic acids is 1. The van der Waals surface area contributed by atoms with Gasteiger partial charge in [0.15, 0.2) is 0 Å². The maximum absolute atomic E-state index is 11.8. The first-order chi connectivity index (χ1) is 9.29. The SMILES string of the molecule is CCO/C=C1\C(=O)Nc2ncc(-c3ccco3)cc21. The zero-order valence-electron chi connectivity index (χ0n) is 10.3. The summed E-state index contributed by atoms with van der Waals surface area (Å²) in [5.41, 5.74) is 2.03. The summed E-state index contributed by atoms with van der Waals surface area (Å²) in [4.78, 5) is 16.0. The van der Waals surface area contributed by atoms with Crippen molar-refractivity contribution in [3.8, 4) is 11.3 Å². The van der Waals surface area contributed by atoms with E-state index in [1.165, 1.54) is 6.26 Å². The lowest BCUT2D eigenvalue weighted by molar-refractivity contribution is -0.110. The van der Waals surface area contributed by atoms with Gasteiger partial charge < -0.3 is 14.5 Å². The van der Waals surface area contributed by atoms with Crippen molar-refractivity contribution in [1.29, 1.82) is 0 Å². The number of hydrogen-bond donors (Lipinski definition) is 1. The van der Waals surface area contributed by atoms with Crippen molar-refractivity contribution in [2.75, 3.05) is 11.9 Å². The first-order valence-corrected chi connectivity index (χ1v) is 5.97. The lowest BCUT2D eigenvalue weighted by Crippen LogP contribution is -2.04. The molecule has 0 aromatic carbocycles. The Morgan fingerprint density at radius 3 is 3.16 bits per heavy atom. The highest BCUT2D eigenvalue weighted by molar-refractivity contribution is 6.30. The number of nitrogens with zero attached hydrogens (tertiary/aromatic N) is 1. The highest BCUT2D eigenvalue weighted by atomic mass is 16.5. The van der Waals surface area contributed by atoms with E-state index in [1.54, 1.807) is 12.5 Å². The van der Waals surface area contributed by atoms with Crippen LogP contribution in [0, 0.1) is 0 Å². The van der Waals surface area contributed by atoms with Gasteiger partial charge in [-0.15, -0.1) is 0 Å². The first-order valence-electron chi connectivity index (χ1n) is 5.97. The normalized spacial score (nSPS) is 15.4. The number of aromatic nitrogens is 1. The average molecular weight is 256 g/mol. The maximum atomic E-state index is 11.8. The molecule has 1 aliphatic heterocycles. The summed E-state index contributed by atoms with van der Waals surface area (Å²) in [5.74, 6) is 1.06. The molecule has 3 rings (SSSR count). The molecule has 2 aromatic heterocycles. The van der Waals surface area contributed by atoms with Crippen LogP contribution in [-0.4, -0.2) is 17.5 Å². The Balaban J connectivity index is 2.05. The van der Waals surface area contributed by atoms with Crippen molar-refractivity contribution in [2.24, 2.45) is 0 Å². The number of rotatable bonds is 3. The van der Waals surface area contributed by atoms with Crippen LogP contribution in [0.1, 0.15) is 12.5 Å². The van der Waals surface area contributed by atoms with E-state index < -0.39 is 0 Å². The molecule has 2 aromatic rings. The highest BCUT2D eigenvalue weighted by Gasteiger charge is 2.26. The molecule has 0 saturated carbocycles. The van der Waals surface area contributed by atoms with E-state index in [0.717, 1.165) is 11.1 Å². The minimum absolute atomic E-state index is 0.201. The predicted molar refractivity (Wildman–Crippen MR) is 70.2 cm³/mol. The summed E-state index contributed by atoms with van der Waals surface area (Å²) in [6.45, 7) is 2.37. The molecule has 0 aliphatic carbocycles. The fraction of sp³-hybridized carbons (Fsp3) is 0.143. The molecule has 0 atom stereocenters. The van der Waals surface area contributed by atoms with Crippen molar-refractivity contribution in [1.82, 2.24) is 4.98 Å². The van der Waals surface area contributed by atoms with Crippen LogP contribution >= 0.6 is 0 Å². The molecule has 19 heavy (non-hydrogen) atoms. The molecule has 5 nitrogen and oxygen atoms in total. The summed E-state index contributed by atoms with van der Waals surface area (Å²) < 4.78 is 10.5. The van der Waals surface area contributed by atoms with Gasteiger partial charge >= 0.3 is 0 Å². The number of fused-ring (bicyclic) bond motifs is 1. The second kappa shape index (κ2) is 4.61. The second-order valence-corrected chi connectivity index (χ2v) is 4.04. The molecule has 3 heterocycles. The third kappa shape index (κ3) is 1.99. The topological polar surface area (TPSA) is 64.4 Å². The molecule has 1 N–H and O–H groups in total. The van der Waals surface area contributed by atoms with Crippen LogP contribution in [0.5, 0.6) is 0 Å². The van der Waals surface area contributed by atoms with Crippen LogP contribution < -0.4 is 5.32 Å². The summed E-state index contributed by atoms with van der Waals surface area (Å²) in [5, 5.41) is 2.70. The summed E-state index contributed by atoms with van der Waals surface area (Å²) >= 11 is 0. The van der Waals surface area contributed by atoms with Gasteiger partial charge in [-0.3, -0.25) is 4.79 Å². The van der Waals surface area contributed by atoms with Crippen molar-refractivity contribution < 1.29 is 13.9 Å². The monoisotopic (exact) mass is 256 g/mol. The van der Waals surface area contributed by atoms with E-state index >= 15 is 0 Å². The largest absolute Gasteiger partial charge is 0.501 e. The van der Waals surface area contributed by atoms with Crippen molar-refractivity contribution in [3.05, 3.63) is 42.5 Å². The number of furan rings is 1. The standard InChI is InChI=1S/C14H12N2O3/c1-2-18-8-11-10-6-9(12-4-3-5-19-12)7-15-13(10)16-14(11)17/h3-8H,2H2,1H3,(H,15,16,17)/b11-8-. The molecule has 1 amide bonds. The van der Waals surface area contributed by atoms with Crippen molar-refractivity contribution in [2.45, 2.75) is 6.92 Å². The van der Waals surface area contributed by atoms with Gasteiger partial charge in [0.2, 0.25) is 0 Å². The summed E-state index contributed by atoms with van der Waals surface area (Å²) in [7, 11) is 0. The summed E-state index contributed by atoms with van der Waals surface area (Å²) in [6, 6.07) is 5.52. The van der Waals surface area contributed by atoms with Gasteiger partial charge in [-0.2, -0.15) is 0 Å². The van der Waals surface area contributed by atoms with Gasteiger partial charge in [0, 0.05) is 17.3 Å². The fourth-order valence-corrected chi connectivity index (χ4v) is 1.93. The number of nitrogens with one attached hydrogen (secondary N) is 1. The smallest absolute Gasteiger partial charge is 0.260 e. The quantitative estimate of drug-likeness (QED) is 0.677. The molecule has 5 heteroatoms.